The van der Waals surface area contributed by atoms with Crippen molar-refractivity contribution >= 4 is 46.9 Å². The quantitative estimate of drug-likeness (QED) is 0.437. The number of amides is 4. The first-order valence-electron chi connectivity index (χ1n) is 9.76. The monoisotopic (exact) mass is 452 g/mol. The molecule has 4 N–H and O–H groups in total. The molecule has 0 spiro atoms. The first-order valence-corrected chi connectivity index (χ1v) is 10.1. The largest absolute Gasteiger partial charge is 0.450 e. The fraction of sp³-hybridized carbons (Fsp3) is 0.450. The maximum Gasteiger partial charge on any atom is 0.411 e. The van der Waals surface area contributed by atoms with Gasteiger partial charge < -0.3 is 20.7 Å². The highest BCUT2D eigenvalue weighted by molar-refractivity contribution is 6.38. The summed E-state index contributed by atoms with van der Waals surface area (Å²) < 4.78 is 4.82. The van der Waals surface area contributed by atoms with E-state index in [0.29, 0.717) is 6.42 Å². The van der Waals surface area contributed by atoms with Gasteiger partial charge in [0, 0.05) is 24.0 Å². The van der Waals surface area contributed by atoms with Gasteiger partial charge in [-0.1, -0.05) is 11.6 Å². The highest BCUT2D eigenvalue weighted by Crippen LogP contribution is 2.23. The molecule has 1 aliphatic rings. The molecular formula is C20H25ClN4O6. The fourth-order valence-corrected chi connectivity index (χ4v) is 3.45. The topological polar surface area (TPSA) is 143 Å². The number of benzene rings is 1. The van der Waals surface area contributed by atoms with Crippen LogP contribution in [-0.4, -0.2) is 55.3 Å². The first kappa shape index (κ1) is 24.1. The lowest BCUT2D eigenvalue weighted by Crippen LogP contribution is -2.48. The van der Waals surface area contributed by atoms with Crippen LogP contribution >= 0.6 is 11.6 Å². The van der Waals surface area contributed by atoms with Gasteiger partial charge in [0.25, 0.3) is 11.8 Å². The van der Waals surface area contributed by atoms with Crippen LogP contribution in [0, 0.1) is 5.92 Å². The maximum absolute atomic E-state index is 13.0. The van der Waals surface area contributed by atoms with E-state index in [4.69, 9.17) is 16.3 Å². The van der Waals surface area contributed by atoms with Gasteiger partial charge in [0.1, 0.15) is 0 Å². The second-order valence-electron chi connectivity index (χ2n) is 7.08. The van der Waals surface area contributed by atoms with Crippen LogP contribution in [0.3, 0.4) is 0 Å². The number of likely N-dealkylation sites (N-methyl/N-ethyl adjacent to an activating group) is 1. The molecule has 0 aromatic heterocycles. The molecule has 0 saturated carbocycles. The van der Waals surface area contributed by atoms with Crippen LogP contribution in [0.25, 0.3) is 0 Å². The first-order chi connectivity index (χ1) is 14.7. The zero-order valence-electron chi connectivity index (χ0n) is 17.4. The highest BCUT2D eigenvalue weighted by atomic mass is 35.5. The Hall–Kier alpha value is -3.14. The number of ketones is 1. The highest BCUT2D eigenvalue weighted by Gasteiger charge is 2.36. The molecule has 3 atom stereocenters. The molecule has 4 amide bonds. The van der Waals surface area contributed by atoms with Crippen molar-refractivity contribution < 1.29 is 28.7 Å². The van der Waals surface area contributed by atoms with Crippen LogP contribution in [0.2, 0.25) is 5.02 Å². The molecule has 1 saturated heterocycles. The molecule has 0 bridgehead atoms. The molecule has 168 valence electrons. The second-order valence-corrected chi connectivity index (χ2v) is 7.52. The van der Waals surface area contributed by atoms with Gasteiger partial charge in [-0.05, 0) is 44.9 Å². The van der Waals surface area contributed by atoms with Crippen molar-refractivity contribution in [1.82, 2.24) is 16.0 Å². The number of ether oxygens (including phenoxy) is 1. The van der Waals surface area contributed by atoms with Crippen molar-refractivity contribution in [1.29, 1.82) is 0 Å². The summed E-state index contributed by atoms with van der Waals surface area (Å²) in [6.07, 6.45) is -0.345. The summed E-state index contributed by atoms with van der Waals surface area (Å²) in [6.45, 7) is 3.58. The molecule has 1 heterocycles. The van der Waals surface area contributed by atoms with E-state index in [9.17, 15) is 24.0 Å². The molecule has 1 aromatic carbocycles. The number of nitrogens with one attached hydrogen (secondary N) is 4. The molecule has 10 nitrogen and oxygen atoms in total. The minimum absolute atomic E-state index is 0.0282. The Kier molecular flexibility index (Phi) is 8.38. The minimum Gasteiger partial charge on any atom is -0.450 e. The van der Waals surface area contributed by atoms with Gasteiger partial charge in [0.15, 0.2) is 0 Å². The van der Waals surface area contributed by atoms with E-state index in [1.807, 2.05) is 6.92 Å². The van der Waals surface area contributed by atoms with Crippen LogP contribution in [0.1, 0.15) is 37.0 Å². The van der Waals surface area contributed by atoms with Gasteiger partial charge in [0.05, 0.1) is 23.9 Å². The fourth-order valence-electron chi connectivity index (χ4n) is 3.28. The number of halogens is 1. The predicted octanol–water partition coefficient (Wildman–Crippen LogP) is 1.24. The zero-order valence-corrected chi connectivity index (χ0v) is 18.2. The van der Waals surface area contributed by atoms with Crippen molar-refractivity contribution in [2.75, 3.05) is 19.0 Å². The number of Topliss-reactive ketones (excluding diaryl/α,β-unsaturated/α-hetero) is 1. The summed E-state index contributed by atoms with van der Waals surface area (Å²) in [6, 6.07) is 2.87. The van der Waals surface area contributed by atoms with E-state index >= 15 is 0 Å². The van der Waals surface area contributed by atoms with Crippen LogP contribution in [0.15, 0.2) is 18.2 Å². The van der Waals surface area contributed by atoms with Gasteiger partial charge in [-0.25, -0.2) is 4.79 Å². The average molecular weight is 453 g/mol. The zero-order chi connectivity index (χ0) is 23.1. The van der Waals surface area contributed by atoms with Crippen molar-refractivity contribution in [3.63, 3.8) is 0 Å². The van der Waals surface area contributed by atoms with Crippen LogP contribution in [0.4, 0.5) is 10.5 Å². The summed E-state index contributed by atoms with van der Waals surface area (Å²) in [5.41, 5.74) is 0.0817. The van der Waals surface area contributed by atoms with Crippen molar-refractivity contribution in [2.45, 2.75) is 38.8 Å². The lowest BCUT2D eigenvalue weighted by atomic mass is 9.93. The number of carbonyl (C=O) groups excluding carboxylic acids is 5. The molecule has 2 rings (SSSR count). The van der Waals surface area contributed by atoms with Crippen molar-refractivity contribution in [3.05, 3.63) is 28.8 Å². The normalized spacial score (nSPS) is 18.5. The Morgan fingerprint density at radius 2 is 2.00 bits per heavy atom. The summed E-state index contributed by atoms with van der Waals surface area (Å²) >= 11 is 6.00. The Labute approximate surface area is 184 Å². The summed E-state index contributed by atoms with van der Waals surface area (Å²) in [7, 11) is 1.29. The summed E-state index contributed by atoms with van der Waals surface area (Å²) in [5.74, 6) is -3.31. The lowest BCUT2D eigenvalue weighted by molar-refractivity contribution is -0.139. The van der Waals surface area contributed by atoms with E-state index in [1.54, 1.807) is 6.92 Å². The Bertz CT molecular complexity index is 890. The van der Waals surface area contributed by atoms with Crippen molar-refractivity contribution in [3.8, 4) is 0 Å². The SMILES string of the molecule is CCOC(=O)Nc1ccc(Cl)cc1C(=O)N[C@@H](C[C@@H]1C[C@@H](C)NC1=O)C(=O)C(=O)NC. The summed E-state index contributed by atoms with van der Waals surface area (Å²) in [5, 5.41) is 10.1. The van der Waals surface area contributed by atoms with E-state index in [-0.39, 0.29) is 41.3 Å². The third kappa shape index (κ3) is 6.42. The molecule has 0 aliphatic carbocycles. The molecule has 1 aliphatic heterocycles. The Balaban J connectivity index is 2.27. The smallest absolute Gasteiger partial charge is 0.411 e. The van der Waals surface area contributed by atoms with E-state index in [2.05, 4.69) is 21.3 Å². The van der Waals surface area contributed by atoms with E-state index in [1.165, 1.54) is 25.2 Å². The molecule has 0 radical (unpaired) electrons. The number of hydrogen-bond donors (Lipinski definition) is 4. The van der Waals surface area contributed by atoms with Gasteiger partial charge in [-0.2, -0.15) is 0 Å². The van der Waals surface area contributed by atoms with Crippen molar-refractivity contribution in [2.24, 2.45) is 5.92 Å². The van der Waals surface area contributed by atoms with Crippen LogP contribution in [-0.2, 0) is 19.1 Å². The minimum atomic E-state index is -1.25. The van der Waals surface area contributed by atoms with Gasteiger partial charge in [-0.15, -0.1) is 0 Å². The Morgan fingerprint density at radius 1 is 1.29 bits per heavy atom. The lowest BCUT2D eigenvalue weighted by Gasteiger charge is -2.20. The maximum atomic E-state index is 13.0. The molecule has 11 heteroatoms. The molecule has 0 unspecified atom stereocenters. The number of hydrogen-bond acceptors (Lipinski definition) is 6. The van der Waals surface area contributed by atoms with E-state index in [0.717, 1.165) is 0 Å². The average Bonchev–Trinajstić information content (AvgIpc) is 3.04. The van der Waals surface area contributed by atoms with E-state index < -0.39 is 35.7 Å². The number of rotatable bonds is 8. The molecule has 1 aromatic rings. The van der Waals surface area contributed by atoms with Gasteiger partial charge >= 0.3 is 6.09 Å². The molecular weight excluding hydrogens is 428 g/mol. The number of carbonyl (C=O) groups is 5. The summed E-state index contributed by atoms with van der Waals surface area (Å²) in [4.78, 5) is 61.3. The standard InChI is InChI=1S/C20H25ClN4O6/c1-4-31-20(30)25-14-6-5-12(21)9-13(14)18(28)24-15(16(26)19(29)22-3)8-11-7-10(2)23-17(11)27/h5-6,9-11,15H,4,7-8H2,1-3H3,(H,22,29)(H,23,27)(H,24,28)(H,25,30)/t10-,11+,15+/m1/s1. The second kappa shape index (κ2) is 10.8. The van der Waals surface area contributed by atoms with Crippen LogP contribution in [0.5, 0.6) is 0 Å². The Morgan fingerprint density at radius 3 is 2.58 bits per heavy atom. The predicted molar refractivity (Wildman–Crippen MR) is 113 cm³/mol. The molecule has 1 fully saturated rings. The third-order valence-corrected chi connectivity index (χ3v) is 4.96. The van der Waals surface area contributed by atoms with Crippen LogP contribution < -0.4 is 21.3 Å². The number of anilines is 1. The van der Waals surface area contributed by atoms with Gasteiger partial charge in [0.2, 0.25) is 11.7 Å². The van der Waals surface area contributed by atoms with Gasteiger partial charge in [-0.3, -0.25) is 24.5 Å². The molecule has 31 heavy (non-hydrogen) atoms. The third-order valence-electron chi connectivity index (χ3n) is 4.73.